The van der Waals surface area contributed by atoms with E-state index in [2.05, 4.69) is 25.8 Å². The Bertz CT molecular complexity index is 702. The minimum absolute atomic E-state index is 0.0759. The number of ether oxygens (including phenoxy) is 1. The average Bonchev–Trinajstić information content (AvgIpc) is 3.14. The predicted molar refractivity (Wildman–Crippen MR) is 84.9 cm³/mol. The number of carbonyl (C=O) groups excluding carboxylic acids is 2. The maximum atomic E-state index is 12.2. The van der Waals surface area contributed by atoms with Gasteiger partial charge < -0.3 is 9.57 Å². The molecule has 0 fully saturated rings. The lowest BCUT2D eigenvalue weighted by molar-refractivity contribution is -0.148. The van der Waals surface area contributed by atoms with Gasteiger partial charge in [0.15, 0.2) is 5.71 Å². The lowest BCUT2D eigenvalue weighted by atomic mass is 10.2. The first kappa shape index (κ1) is 18.1. The van der Waals surface area contributed by atoms with Crippen molar-refractivity contribution >= 4 is 17.6 Å². The van der Waals surface area contributed by atoms with Crippen LogP contribution in [0.2, 0.25) is 0 Å². The number of nitrogens with zero attached hydrogens (tertiary/aromatic N) is 3. The first-order valence-electron chi connectivity index (χ1n) is 7.38. The number of aromatic nitrogens is 3. The van der Waals surface area contributed by atoms with Crippen molar-refractivity contribution in [2.75, 3.05) is 13.2 Å². The molecule has 0 unspecified atom stereocenters. The Hall–Kier alpha value is -3.27. The van der Waals surface area contributed by atoms with Crippen molar-refractivity contribution in [2.24, 2.45) is 5.16 Å². The highest BCUT2D eigenvalue weighted by atomic mass is 16.7. The van der Waals surface area contributed by atoms with Crippen molar-refractivity contribution in [3.05, 3.63) is 48.0 Å². The van der Waals surface area contributed by atoms with Crippen LogP contribution in [0.15, 0.2) is 41.8 Å². The molecule has 2 heterocycles. The second kappa shape index (κ2) is 9.78. The summed E-state index contributed by atoms with van der Waals surface area (Å²) in [7, 11) is 0. The summed E-state index contributed by atoms with van der Waals surface area (Å²) in [6, 6.07) is 6.84. The molecule has 0 aliphatic carbocycles. The van der Waals surface area contributed by atoms with Crippen LogP contribution in [0.3, 0.4) is 0 Å². The number of hydrogen-bond donors (Lipinski definition) is 2. The second-order valence-corrected chi connectivity index (χ2v) is 4.53. The predicted octanol–water partition coefficient (Wildman–Crippen LogP) is 0.336. The van der Waals surface area contributed by atoms with E-state index < -0.39 is 18.5 Å². The van der Waals surface area contributed by atoms with Crippen LogP contribution in [-0.2, 0) is 30.6 Å². The zero-order valence-corrected chi connectivity index (χ0v) is 13.5. The topological polar surface area (TPSA) is 128 Å². The van der Waals surface area contributed by atoms with Crippen molar-refractivity contribution in [3.63, 3.8) is 0 Å². The van der Waals surface area contributed by atoms with Gasteiger partial charge in [-0.05, 0) is 25.1 Å². The number of aromatic amines is 1. The molecule has 1 amide bonds. The fourth-order valence-corrected chi connectivity index (χ4v) is 1.66. The van der Waals surface area contributed by atoms with Crippen LogP contribution < -0.4 is 5.48 Å². The zero-order chi connectivity index (χ0) is 17.9. The number of esters is 1. The average molecular weight is 347 g/mol. The highest BCUT2D eigenvalue weighted by Gasteiger charge is 2.17. The molecule has 0 saturated heterocycles. The number of hydroxylamine groups is 1. The Labute approximate surface area is 143 Å². The van der Waals surface area contributed by atoms with Crippen LogP contribution in [0.4, 0.5) is 0 Å². The lowest BCUT2D eigenvalue weighted by Crippen LogP contribution is -2.32. The van der Waals surface area contributed by atoms with Gasteiger partial charge in [-0.2, -0.15) is 5.10 Å². The molecule has 0 radical (unpaired) electrons. The maximum absolute atomic E-state index is 12.2. The van der Waals surface area contributed by atoms with E-state index in [0.29, 0.717) is 11.4 Å². The van der Waals surface area contributed by atoms with E-state index in [4.69, 9.17) is 14.4 Å². The van der Waals surface area contributed by atoms with E-state index >= 15 is 0 Å². The third-order valence-corrected chi connectivity index (χ3v) is 2.73. The first-order chi connectivity index (χ1) is 12.2. The molecule has 0 bridgehead atoms. The summed E-state index contributed by atoms with van der Waals surface area (Å²) in [5.41, 5.74) is 3.03. The van der Waals surface area contributed by atoms with Crippen molar-refractivity contribution in [3.8, 4) is 0 Å². The molecule has 2 N–H and O–H groups in total. The Morgan fingerprint density at radius 1 is 1.28 bits per heavy atom. The minimum Gasteiger partial charge on any atom is -0.463 e. The molecule has 10 heteroatoms. The number of nitrogens with one attached hydrogen (secondary N) is 2. The van der Waals surface area contributed by atoms with Gasteiger partial charge in [-0.1, -0.05) is 11.2 Å². The minimum atomic E-state index is -0.677. The molecule has 2 aromatic rings. The number of oxime groups is 1. The number of rotatable bonds is 9. The number of pyridine rings is 1. The van der Waals surface area contributed by atoms with E-state index in [1.807, 2.05) is 0 Å². The zero-order valence-electron chi connectivity index (χ0n) is 13.5. The van der Waals surface area contributed by atoms with Gasteiger partial charge in [0.2, 0.25) is 6.61 Å². The Balaban J connectivity index is 1.93. The van der Waals surface area contributed by atoms with Crippen molar-refractivity contribution in [1.29, 1.82) is 0 Å². The van der Waals surface area contributed by atoms with Crippen molar-refractivity contribution in [1.82, 2.24) is 20.7 Å². The van der Waals surface area contributed by atoms with Gasteiger partial charge in [-0.15, -0.1) is 0 Å². The van der Waals surface area contributed by atoms with E-state index in [1.165, 1.54) is 12.3 Å². The first-order valence-corrected chi connectivity index (χ1v) is 7.38. The monoisotopic (exact) mass is 347 g/mol. The summed E-state index contributed by atoms with van der Waals surface area (Å²) in [6.07, 6.45) is 3.06. The molecule has 0 spiro atoms. The van der Waals surface area contributed by atoms with Gasteiger partial charge in [-0.3, -0.25) is 19.7 Å². The normalized spacial score (nSPS) is 11.0. The van der Waals surface area contributed by atoms with Gasteiger partial charge in [0.1, 0.15) is 6.61 Å². The molecule has 25 heavy (non-hydrogen) atoms. The van der Waals surface area contributed by atoms with Gasteiger partial charge >= 0.3 is 5.97 Å². The third-order valence-electron chi connectivity index (χ3n) is 2.73. The molecule has 2 aromatic heterocycles. The number of hydrogen-bond acceptors (Lipinski definition) is 8. The van der Waals surface area contributed by atoms with Crippen LogP contribution in [0.1, 0.15) is 18.3 Å². The summed E-state index contributed by atoms with van der Waals surface area (Å²) < 4.78 is 4.70. The van der Waals surface area contributed by atoms with E-state index in [9.17, 15) is 9.59 Å². The Morgan fingerprint density at radius 3 is 2.84 bits per heavy atom. The fourth-order valence-electron chi connectivity index (χ4n) is 1.66. The number of amides is 1. The summed E-state index contributed by atoms with van der Waals surface area (Å²) >= 11 is 0. The maximum Gasteiger partial charge on any atom is 0.347 e. The molecular formula is C15H17N5O5. The smallest absolute Gasteiger partial charge is 0.347 e. The highest BCUT2D eigenvalue weighted by Crippen LogP contribution is 1.99. The molecule has 0 aromatic carbocycles. The SMILES string of the molecule is CCOC(=O)CO/N=C(/C(=O)NOCc1ccccn1)c1ccn[nH]1. The quantitative estimate of drug-likeness (QED) is 0.380. The largest absolute Gasteiger partial charge is 0.463 e. The van der Waals surface area contributed by atoms with Crippen LogP contribution in [0.25, 0.3) is 0 Å². The summed E-state index contributed by atoms with van der Waals surface area (Å²) in [4.78, 5) is 37.5. The van der Waals surface area contributed by atoms with Gasteiger partial charge in [-0.25, -0.2) is 10.3 Å². The van der Waals surface area contributed by atoms with Crippen LogP contribution >= 0.6 is 0 Å². The van der Waals surface area contributed by atoms with Crippen LogP contribution in [0, 0.1) is 0 Å². The summed E-state index contributed by atoms with van der Waals surface area (Å²) in [5, 5.41) is 9.98. The van der Waals surface area contributed by atoms with Gasteiger partial charge in [0.05, 0.1) is 18.0 Å². The molecule has 0 aliphatic rings. The Kier molecular flexibility index (Phi) is 7.07. The Morgan fingerprint density at radius 2 is 2.16 bits per heavy atom. The number of carbonyl (C=O) groups is 2. The van der Waals surface area contributed by atoms with Crippen molar-refractivity contribution < 1.29 is 24.0 Å². The fraction of sp³-hybridized carbons (Fsp3) is 0.267. The molecule has 0 atom stereocenters. The lowest BCUT2D eigenvalue weighted by Gasteiger charge is -2.07. The third kappa shape index (κ3) is 6.03. The molecule has 2 rings (SSSR count). The summed E-state index contributed by atoms with van der Waals surface area (Å²) in [5.74, 6) is -1.27. The van der Waals surface area contributed by atoms with Gasteiger partial charge in [0, 0.05) is 12.4 Å². The molecular weight excluding hydrogens is 330 g/mol. The van der Waals surface area contributed by atoms with Crippen LogP contribution in [0.5, 0.6) is 0 Å². The standard InChI is InChI=1S/C15H17N5O5/c1-2-23-13(21)10-25-19-14(12-6-8-17-18-12)15(22)20-24-9-11-5-3-4-7-16-11/h3-8H,2,9-10H2,1H3,(H,17,18)(H,20,22)/b19-14+. The van der Waals surface area contributed by atoms with E-state index in [-0.39, 0.29) is 18.9 Å². The van der Waals surface area contributed by atoms with Crippen molar-refractivity contribution in [2.45, 2.75) is 13.5 Å². The number of H-pyrrole nitrogens is 1. The highest BCUT2D eigenvalue weighted by molar-refractivity contribution is 6.44. The molecule has 0 saturated carbocycles. The van der Waals surface area contributed by atoms with Gasteiger partial charge in [0.25, 0.3) is 5.91 Å². The molecule has 0 aliphatic heterocycles. The van der Waals surface area contributed by atoms with E-state index in [1.54, 1.807) is 31.3 Å². The van der Waals surface area contributed by atoms with E-state index in [0.717, 1.165) is 0 Å². The molecule has 10 nitrogen and oxygen atoms in total. The summed E-state index contributed by atoms with van der Waals surface area (Å²) in [6.45, 7) is 1.55. The van der Waals surface area contributed by atoms with Crippen LogP contribution in [-0.4, -0.2) is 46.0 Å². The molecule has 132 valence electrons. The second-order valence-electron chi connectivity index (χ2n) is 4.53.